The molecule has 1 amide bonds. The van der Waals surface area contributed by atoms with E-state index in [2.05, 4.69) is 31.1 Å². The van der Waals surface area contributed by atoms with E-state index in [9.17, 15) is 9.59 Å². The molecular formula is C17H23N9O3S3. The molecule has 2 aromatic heterocycles. The highest BCUT2D eigenvalue weighted by atomic mass is 32.2. The number of amides is 1. The van der Waals surface area contributed by atoms with E-state index >= 15 is 0 Å². The zero-order valence-corrected chi connectivity index (χ0v) is 20.9. The molecule has 4 rings (SSSR count). The first-order chi connectivity index (χ1) is 15.1. The Kier molecular flexibility index (Phi) is 6.35. The molecule has 2 aliphatic heterocycles. The Balaban J connectivity index is 1.78. The molecule has 0 aliphatic carbocycles. The van der Waals surface area contributed by atoms with Crippen LogP contribution >= 0.6 is 35.3 Å². The number of ketones is 1. The summed E-state index contributed by atoms with van der Waals surface area (Å²) in [6.07, 6.45) is -0.597. The van der Waals surface area contributed by atoms with Gasteiger partial charge in [0.2, 0.25) is 10.3 Å². The number of ether oxygens (including phenoxy) is 1. The number of Topliss-reactive ketones (excluding diaryl/α,β-unsaturated/α-hetero) is 1. The van der Waals surface area contributed by atoms with Crippen LogP contribution in [0.4, 0.5) is 0 Å². The van der Waals surface area contributed by atoms with Crippen molar-refractivity contribution < 1.29 is 14.3 Å². The number of carbonyl (C=O) groups excluding carboxylic acids is 2. The third-order valence-corrected chi connectivity index (χ3v) is 8.97. The van der Waals surface area contributed by atoms with E-state index in [4.69, 9.17) is 4.74 Å². The van der Waals surface area contributed by atoms with Gasteiger partial charge >= 0.3 is 0 Å². The quantitative estimate of drug-likeness (QED) is 0.394. The SMILES string of the molecule is CO[C@H]1C(=O)N2C(C(=O)C(C)(C)C)=C(CSc3nnnn3C)C(Sc3nnnn3C)S[C@H]12. The Morgan fingerprint density at radius 1 is 1.12 bits per heavy atom. The van der Waals surface area contributed by atoms with Gasteiger partial charge in [0.25, 0.3) is 5.91 Å². The minimum atomic E-state index is -0.676. The summed E-state index contributed by atoms with van der Waals surface area (Å²) in [6, 6.07) is 0. The molecule has 4 heterocycles. The highest BCUT2D eigenvalue weighted by Gasteiger charge is 2.57. The summed E-state index contributed by atoms with van der Waals surface area (Å²) in [5, 5.41) is 24.2. The van der Waals surface area contributed by atoms with Gasteiger partial charge in [-0.1, -0.05) is 44.3 Å². The van der Waals surface area contributed by atoms with Gasteiger partial charge in [-0.15, -0.1) is 22.0 Å². The fourth-order valence-electron chi connectivity index (χ4n) is 3.25. The van der Waals surface area contributed by atoms with Crippen LogP contribution in [0.2, 0.25) is 0 Å². The number of methoxy groups -OCH3 is 1. The third-order valence-electron chi connectivity index (χ3n) is 4.97. The van der Waals surface area contributed by atoms with Gasteiger partial charge in [0.15, 0.2) is 11.9 Å². The van der Waals surface area contributed by atoms with E-state index in [1.54, 1.807) is 40.1 Å². The van der Waals surface area contributed by atoms with Crippen LogP contribution in [-0.2, 0) is 28.4 Å². The molecule has 12 nitrogen and oxygen atoms in total. The predicted octanol–water partition coefficient (Wildman–Crippen LogP) is 0.743. The Morgan fingerprint density at radius 2 is 1.75 bits per heavy atom. The molecule has 0 aromatic carbocycles. The Labute approximate surface area is 197 Å². The zero-order valence-electron chi connectivity index (χ0n) is 18.4. The number of hydrogen-bond acceptors (Lipinski definition) is 12. The maximum absolute atomic E-state index is 13.6. The monoisotopic (exact) mass is 497 g/mol. The molecule has 1 fully saturated rings. The molecule has 0 spiro atoms. The van der Waals surface area contributed by atoms with Crippen molar-refractivity contribution in [1.82, 2.24) is 45.3 Å². The van der Waals surface area contributed by atoms with Crippen molar-refractivity contribution in [2.75, 3.05) is 12.9 Å². The molecule has 2 aliphatic rings. The molecule has 172 valence electrons. The molecule has 2 aromatic rings. The minimum absolute atomic E-state index is 0.0981. The number of aromatic nitrogens is 8. The van der Waals surface area contributed by atoms with Gasteiger partial charge in [0, 0.05) is 32.4 Å². The summed E-state index contributed by atoms with van der Waals surface area (Å²) in [5.41, 5.74) is 0.564. The number of carbonyl (C=O) groups is 2. The van der Waals surface area contributed by atoms with Crippen molar-refractivity contribution in [2.24, 2.45) is 19.5 Å². The zero-order chi connectivity index (χ0) is 23.2. The average Bonchev–Trinajstić information content (AvgIpc) is 3.33. The largest absolute Gasteiger partial charge is 0.368 e. The van der Waals surface area contributed by atoms with E-state index in [0.29, 0.717) is 21.8 Å². The lowest BCUT2D eigenvalue weighted by molar-refractivity contribution is -0.160. The van der Waals surface area contributed by atoms with E-state index in [0.717, 1.165) is 5.57 Å². The molecule has 3 atom stereocenters. The van der Waals surface area contributed by atoms with E-state index in [1.165, 1.54) is 30.6 Å². The average molecular weight is 498 g/mol. The van der Waals surface area contributed by atoms with Crippen LogP contribution in [0.15, 0.2) is 21.6 Å². The Hall–Kier alpha value is -1.97. The minimum Gasteiger partial charge on any atom is -0.368 e. The van der Waals surface area contributed by atoms with Crippen LogP contribution in [0.5, 0.6) is 0 Å². The number of β-lactam (4-membered cyclic amide) rings is 1. The number of allylic oxidation sites excluding steroid dienone is 1. The summed E-state index contributed by atoms with van der Waals surface area (Å²) in [6.45, 7) is 5.55. The van der Waals surface area contributed by atoms with Gasteiger partial charge in [-0.25, -0.2) is 9.36 Å². The lowest BCUT2D eigenvalue weighted by Crippen LogP contribution is -2.66. The molecule has 32 heavy (non-hydrogen) atoms. The summed E-state index contributed by atoms with van der Waals surface area (Å²) < 4.78 is 8.37. The summed E-state index contributed by atoms with van der Waals surface area (Å²) >= 11 is 4.42. The van der Waals surface area contributed by atoms with Crippen LogP contribution in [0.3, 0.4) is 0 Å². The van der Waals surface area contributed by atoms with Crippen molar-refractivity contribution in [3.63, 3.8) is 0 Å². The second kappa shape index (κ2) is 8.76. The standard InChI is InChI=1S/C17H23N9O3S3/c1-17(2,3)11(27)9-8(7-30-15-18-20-22-24(15)4)14(32-16-19-21-23-25(16)5)31-13-10(29-6)12(28)26(9)13/h10,13-14H,7H2,1-6H3/t10-,13+,14?/m0/s1. The number of nitrogens with zero attached hydrogens (tertiary/aromatic N) is 9. The fourth-order valence-corrected chi connectivity index (χ4v) is 7.30. The lowest BCUT2D eigenvalue weighted by Gasteiger charge is -2.51. The molecule has 1 saturated heterocycles. The lowest BCUT2D eigenvalue weighted by atomic mass is 9.86. The van der Waals surface area contributed by atoms with Crippen LogP contribution in [-0.4, -0.2) is 85.9 Å². The highest BCUT2D eigenvalue weighted by molar-refractivity contribution is 8.17. The van der Waals surface area contributed by atoms with Gasteiger partial charge < -0.3 is 4.74 Å². The maximum Gasteiger partial charge on any atom is 0.260 e. The van der Waals surface area contributed by atoms with Crippen LogP contribution < -0.4 is 0 Å². The summed E-state index contributed by atoms with van der Waals surface area (Å²) in [4.78, 5) is 28.1. The molecule has 0 N–H and O–H groups in total. The second-order valence-electron chi connectivity index (χ2n) is 8.25. The number of fused-ring (bicyclic) bond motifs is 1. The molecule has 1 unspecified atom stereocenters. The first-order valence-electron chi connectivity index (χ1n) is 9.66. The van der Waals surface area contributed by atoms with Crippen molar-refractivity contribution in [3.8, 4) is 0 Å². The van der Waals surface area contributed by atoms with Crippen molar-refractivity contribution in [1.29, 1.82) is 0 Å². The molecule has 0 radical (unpaired) electrons. The van der Waals surface area contributed by atoms with E-state index in [-0.39, 0.29) is 21.6 Å². The fraction of sp³-hybridized carbons (Fsp3) is 0.647. The number of hydrogen-bond donors (Lipinski definition) is 0. The van der Waals surface area contributed by atoms with Gasteiger partial charge in [0.1, 0.15) is 5.37 Å². The van der Waals surface area contributed by atoms with Crippen LogP contribution in [0.25, 0.3) is 0 Å². The number of rotatable bonds is 7. The smallest absolute Gasteiger partial charge is 0.260 e. The first kappa shape index (κ1) is 23.2. The van der Waals surface area contributed by atoms with E-state index < -0.39 is 11.5 Å². The van der Waals surface area contributed by atoms with Gasteiger partial charge in [-0.05, 0) is 26.4 Å². The summed E-state index contributed by atoms with van der Waals surface area (Å²) in [7, 11) is 5.03. The van der Waals surface area contributed by atoms with Crippen LogP contribution in [0.1, 0.15) is 20.8 Å². The molecular weight excluding hydrogens is 474 g/mol. The number of tetrazole rings is 2. The maximum atomic E-state index is 13.6. The summed E-state index contributed by atoms with van der Waals surface area (Å²) in [5.74, 6) is 0.124. The van der Waals surface area contributed by atoms with Crippen LogP contribution in [0, 0.1) is 5.41 Å². The van der Waals surface area contributed by atoms with Gasteiger partial charge in [-0.3, -0.25) is 14.5 Å². The topological polar surface area (TPSA) is 134 Å². The Morgan fingerprint density at radius 3 is 2.28 bits per heavy atom. The predicted molar refractivity (Wildman–Crippen MR) is 118 cm³/mol. The normalized spacial score (nSPS) is 23.4. The van der Waals surface area contributed by atoms with Gasteiger partial charge in [-0.2, -0.15) is 0 Å². The second-order valence-corrected chi connectivity index (χ2v) is 11.8. The number of thioether (sulfide) groups is 3. The third kappa shape index (κ3) is 4.06. The van der Waals surface area contributed by atoms with Gasteiger partial charge in [0.05, 0.1) is 10.3 Å². The molecule has 15 heteroatoms. The number of aryl methyl sites for hydroxylation is 2. The van der Waals surface area contributed by atoms with Crippen molar-refractivity contribution in [2.45, 2.75) is 47.1 Å². The molecule has 0 bridgehead atoms. The molecule has 0 saturated carbocycles. The van der Waals surface area contributed by atoms with E-state index in [1.807, 2.05) is 20.8 Å². The first-order valence-corrected chi connectivity index (χ1v) is 12.5. The van der Waals surface area contributed by atoms with Crippen molar-refractivity contribution >= 4 is 47.0 Å². The van der Waals surface area contributed by atoms with Crippen molar-refractivity contribution in [3.05, 3.63) is 11.3 Å². The highest BCUT2D eigenvalue weighted by Crippen LogP contribution is 2.51. The Bertz CT molecular complexity index is 1080.